The Bertz CT molecular complexity index is 1340. The maximum absolute atomic E-state index is 13.8. The number of phenols is 1. The number of nitrogens with one attached hydrogen (secondary N) is 1. The van der Waals surface area contributed by atoms with Crippen LogP contribution in [0.3, 0.4) is 0 Å². The van der Waals surface area contributed by atoms with Gasteiger partial charge in [-0.1, -0.05) is 0 Å². The Morgan fingerprint density at radius 3 is 2.49 bits per heavy atom. The molecule has 0 bridgehead atoms. The Morgan fingerprint density at radius 1 is 1.26 bits per heavy atom. The molecule has 7 N–H and O–H groups in total. The summed E-state index contributed by atoms with van der Waals surface area (Å²) in [5.41, 5.74) is 2.78. The molecule has 1 aromatic carbocycles. The number of ketones is 2. The lowest BCUT2D eigenvalue weighted by molar-refractivity contribution is -0.148. The number of aromatic hydroxyl groups is 1. The van der Waals surface area contributed by atoms with Crippen molar-refractivity contribution in [2.24, 2.45) is 23.5 Å². The van der Waals surface area contributed by atoms with E-state index in [1.165, 1.54) is 30.9 Å². The van der Waals surface area contributed by atoms with E-state index in [2.05, 4.69) is 12.2 Å². The number of aliphatic hydroxyl groups is 3. The molecule has 0 heterocycles. The molecule has 4 aliphatic carbocycles. The molecule has 0 saturated heterocycles. The highest BCUT2D eigenvalue weighted by Crippen LogP contribution is 2.53. The first-order chi connectivity index (χ1) is 18.3. The van der Waals surface area contributed by atoms with Crippen molar-refractivity contribution in [3.05, 3.63) is 45.4 Å². The highest BCUT2D eigenvalue weighted by molar-refractivity contribution is 6.24. The number of amides is 1. The summed E-state index contributed by atoms with van der Waals surface area (Å²) < 4.78 is 5.73. The Morgan fingerprint density at radius 2 is 1.92 bits per heavy atom. The Kier molecular flexibility index (Phi) is 6.52. The van der Waals surface area contributed by atoms with E-state index in [4.69, 9.17) is 10.5 Å². The van der Waals surface area contributed by atoms with Crippen LogP contribution in [0.4, 0.5) is 0 Å². The third kappa shape index (κ3) is 3.94. The van der Waals surface area contributed by atoms with Gasteiger partial charge in [0, 0.05) is 35.2 Å². The highest BCUT2D eigenvalue weighted by atomic mass is 16.5. The zero-order valence-electron chi connectivity index (χ0n) is 22.4. The monoisotopic (exact) mass is 541 g/mol. The van der Waals surface area contributed by atoms with E-state index >= 15 is 0 Å². The molecule has 0 aromatic heterocycles. The minimum Gasteiger partial charge on any atom is -0.510 e. The molecule has 5 atom stereocenters. The maximum Gasteiger partial charge on any atom is 0.255 e. The molecule has 4 aliphatic rings. The van der Waals surface area contributed by atoms with Crippen LogP contribution in [0.15, 0.2) is 28.7 Å². The Labute approximate surface area is 225 Å². The summed E-state index contributed by atoms with van der Waals surface area (Å²) >= 11 is 0. The number of carbonyl (C=O) groups excluding carboxylic acids is 3. The second-order valence-corrected chi connectivity index (χ2v) is 11.4. The van der Waals surface area contributed by atoms with Gasteiger partial charge in [-0.05, 0) is 64.6 Å². The van der Waals surface area contributed by atoms with Gasteiger partial charge in [-0.3, -0.25) is 19.3 Å². The molecule has 0 spiro atoms. The summed E-state index contributed by atoms with van der Waals surface area (Å²) in [6.45, 7) is 2.53. The molecule has 11 heteroatoms. The number of ether oxygens (including phenoxy) is 1. The number of hydrogen-bond donors (Lipinski definition) is 6. The molecule has 39 heavy (non-hydrogen) atoms. The van der Waals surface area contributed by atoms with Gasteiger partial charge in [0.15, 0.2) is 11.4 Å². The normalized spacial score (nSPS) is 29.2. The fraction of sp³-hybridized carbons (Fsp3) is 0.536. The number of primary amides is 1. The second-order valence-electron chi connectivity index (χ2n) is 11.4. The van der Waals surface area contributed by atoms with Gasteiger partial charge in [-0.25, -0.2) is 0 Å². The molecule has 1 aromatic rings. The van der Waals surface area contributed by atoms with Crippen LogP contribution >= 0.6 is 0 Å². The number of methoxy groups -OCH3 is 1. The molecule has 0 unspecified atom stereocenters. The number of phenolic OH excluding ortho intramolecular Hbond substituents is 1. The smallest absolute Gasteiger partial charge is 0.255 e. The molecule has 11 nitrogen and oxygen atoms in total. The zero-order valence-corrected chi connectivity index (χ0v) is 22.4. The van der Waals surface area contributed by atoms with Gasteiger partial charge in [0.1, 0.15) is 28.6 Å². The van der Waals surface area contributed by atoms with Crippen molar-refractivity contribution in [1.29, 1.82) is 0 Å². The van der Waals surface area contributed by atoms with Gasteiger partial charge in [0.2, 0.25) is 5.78 Å². The van der Waals surface area contributed by atoms with E-state index in [0.717, 1.165) is 0 Å². The van der Waals surface area contributed by atoms with Crippen molar-refractivity contribution in [1.82, 2.24) is 10.2 Å². The number of nitrogens with zero attached hydrogens (tertiary/aromatic N) is 1. The second kappa shape index (κ2) is 9.35. The van der Waals surface area contributed by atoms with Crippen LogP contribution in [0.25, 0.3) is 0 Å². The van der Waals surface area contributed by atoms with Crippen molar-refractivity contribution in [3.8, 4) is 11.5 Å². The molecular weight excluding hydrogens is 506 g/mol. The number of nitrogens with two attached hydrogens (primary N) is 1. The third-order valence-electron chi connectivity index (χ3n) is 8.90. The van der Waals surface area contributed by atoms with E-state index < -0.39 is 58.0 Å². The third-order valence-corrected chi connectivity index (χ3v) is 8.90. The summed E-state index contributed by atoms with van der Waals surface area (Å²) in [5.74, 6) is -5.69. The molecular formula is C28H35N3O8. The van der Waals surface area contributed by atoms with Crippen molar-refractivity contribution >= 4 is 17.5 Å². The molecule has 0 radical (unpaired) electrons. The standard InChI is InChI=1S/C28H35N3O8/c1-11(12-5-6-12)30-10-14-9-17(32)19-15(24(14)39-4)7-13-8-16-21(31(2)3)23(34)20(27(29)37)26(36)28(16,38)25(35)18(13)22(19)33/h9,11-13,16,21,30,32,34-35,38H,5-8,10H2,1-4H3,(H2,29,37)/t11-,13+,16+,21+,28+/m1/s1. The van der Waals surface area contributed by atoms with Crippen LogP contribution in [-0.2, 0) is 22.6 Å². The molecule has 1 saturated carbocycles. The average molecular weight is 542 g/mol. The zero-order chi connectivity index (χ0) is 28.5. The van der Waals surface area contributed by atoms with Crippen molar-refractivity contribution in [2.45, 2.75) is 56.8 Å². The molecule has 210 valence electrons. The van der Waals surface area contributed by atoms with E-state index in [9.17, 15) is 34.8 Å². The molecule has 0 aliphatic heterocycles. The fourth-order valence-electron chi connectivity index (χ4n) is 6.78. The van der Waals surface area contributed by atoms with E-state index in [1.54, 1.807) is 14.1 Å². The van der Waals surface area contributed by atoms with E-state index in [1.807, 2.05) is 0 Å². The van der Waals surface area contributed by atoms with Crippen molar-refractivity contribution in [2.75, 3.05) is 21.2 Å². The number of fused-ring (bicyclic) bond motifs is 3. The Balaban J connectivity index is 1.62. The number of likely N-dealkylation sites (N-methyl/N-ethyl adjacent to an activating group) is 1. The van der Waals surface area contributed by atoms with Crippen LogP contribution < -0.4 is 15.8 Å². The summed E-state index contributed by atoms with van der Waals surface area (Å²) in [4.78, 5) is 40.8. The first-order valence-electron chi connectivity index (χ1n) is 13.1. The predicted molar refractivity (Wildman–Crippen MR) is 139 cm³/mol. The summed E-state index contributed by atoms with van der Waals surface area (Å²) in [6.07, 6.45) is 2.55. The lowest BCUT2D eigenvalue weighted by atomic mass is 9.58. The van der Waals surface area contributed by atoms with Gasteiger partial charge >= 0.3 is 0 Å². The van der Waals surface area contributed by atoms with Crippen LogP contribution in [0.1, 0.15) is 47.7 Å². The van der Waals surface area contributed by atoms with Gasteiger partial charge in [0.25, 0.3) is 5.91 Å². The predicted octanol–water partition coefficient (Wildman–Crippen LogP) is 1.02. The number of aliphatic hydroxyl groups excluding tert-OH is 2. The van der Waals surface area contributed by atoms with E-state index in [-0.39, 0.29) is 35.8 Å². The number of hydrogen-bond acceptors (Lipinski definition) is 10. The first-order valence-corrected chi connectivity index (χ1v) is 13.1. The molecule has 1 fully saturated rings. The van der Waals surface area contributed by atoms with Crippen LogP contribution in [0, 0.1) is 17.8 Å². The minimum absolute atomic E-state index is 0.0247. The van der Waals surface area contributed by atoms with Crippen LogP contribution in [-0.4, -0.2) is 81.7 Å². The molecule has 1 amide bonds. The van der Waals surface area contributed by atoms with Crippen molar-refractivity contribution in [3.63, 3.8) is 0 Å². The fourth-order valence-corrected chi connectivity index (χ4v) is 6.78. The number of benzene rings is 1. The minimum atomic E-state index is -2.66. The summed E-state index contributed by atoms with van der Waals surface area (Å²) in [6, 6.07) is 0.709. The molecule has 5 rings (SSSR count). The summed E-state index contributed by atoms with van der Waals surface area (Å²) in [5, 5.41) is 48.3. The van der Waals surface area contributed by atoms with Gasteiger partial charge < -0.3 is 36.2 Å². The van der Waals surface area contributed by atoms with Gasteiger partial charge in [0.05, 0.1) is 18.7 Å². The first kappa shape index (κ1) is 27.2. The number of rotatable bonds is 7. The van der Waals surface area contributed by atoms with Crippen molar-refractivity contribution < 1.29 is 39.5 Å². The topological polar surface area (TPSA) is 183 Å². The quantitative estimate of drug-likeness (QED) is 0.273. The lowest BCUT2D eigenvalue weighted by Crippen LogP contribution is -2.63. The van der Waals surface area contributed by atoms with Gasteiger partial charge in [-0.2, -0.15) is 0 Å². The summed E-state index contributed by atoms with van der Waals surface area (Å²) in [7, 11) is 4.68. The number of allylic oxidation sites excluding steroid dienone is 1. The number of carbonyl (C=O) groups is 3. The Hall–Kier alpha value is -3.41. The SMILES string of the molecule is COc1c(CN[C@H](C)C2CC2)cc(O)c2c1C[C@H]1C[C@H]3[C@H](N(C)C)C(O)=C(C(N)=O)C(=O)[C@@]3(O)C(O)=C1C2=O. The number of Topliss-reactive ketones (excluding diaryl/α,β-unsaturated/α-hetero) is 2. The van der Waals surface area contributed by atoms with Crippen LogP contribution in [0.5, 0.6) is 11.5 Å². The largest absolute Gasteiger partial charge is 0.510 e. The van der Waals surface area contributed by atoms with Gasteiger partial charge in [-0.15, -0.1) is 0 Å². The lowest BCUT2D eigenvalue weighted by Gasteiger charge is -2.50. The average Bonchev–Trinajstić information content (AvgIpc) is 3.70. The van der Waals surface area contributed by atoms with E-state index in [0.29, 0.717) is 29.3 Å². The maximum atomic E-state index is 13.8. The highest BCUT2D eigenvalue weighted by Gasteiger charge is 2.63. The van der Waals surface area contributed by atoms with Crippen LogP contribution in [0.2, 0.25) is 0 Å².